The molecule has 6 heteroatoms. The van der Waals surface area contributed by atoms with Crippen LogP contribution in [0.4, 0.5) is 0 Å². The molecule has 2 aliphatic rings. The minimum atomic E-state index is -0.252. The Balaban J connectivity index is 1.69. The summed E-state index contributed by atoms with van der Waals surface area (Å²) in [4.78, 5) is 29.7. The number of aromatic nitrogens is 2. The van der Waals surface area contributed by atoms with Gasteiger partial charge in [0.25, 0.3) is 11.5 Å². The van der Waals surface area contributed by atoms with Gasteiger partial charge in [0.1, 0.15) is 0 Å². The third-order valence-corrected chi connectivity index (χ3v) is 5.72. The van der Waals surface area contributed by atoms with Crippen molar-refractivity contribution in [3.05, 3.63) is 40.3 Å². The number of carbonyl (C=O) groups is 1. The topological polar surface area (TPSA) is 69.3 Å². The van der Waals surface area contributed by atoms with Crippen LogP contribution in [-0.4, -0.2) is 57.6 Å². The van der Waals surface area contributed by atoms with Crippen LogP contribution in [0.25, 0.3) is 10.8 Å². The quantitative estimate of drug-likeness (QED) is 0.928. The molecule has 0 aliphatic carbocycles. The summed E-state index contributed by atoms with van der Waals surface area (Å²) < 4.78 is 0. The van der Waals surface area contributed by atoms with Crippen LogP contribution in [-0.2, 0) is 0 Å². The number of H-pyrrole nitrogens is 1. The highest BCUT2D eigenvalue weighted by molar-refractivity contribution is 6.04. The van der Waals surface area contributed by atoms with Gasteiger partial charge < -0.3 is 4.90 Å². The lowest BCUT2D eigenvalue weighted by atomic mass is 10.0. The zero-order valence-electron chi connectivity index (χ0n) is 14.6. The van der Waals surface area contributed by atoms with Crippen LogP contribution in [0.1, 0.15) is 43.1 Å². The Morgan fingerprint density at radius 3 is 2.68 bits per heavy atom. The number of benzene rings is 1. The maximum atomic E-state index is 13.3. The van der Waals surface area contributed by atoms with Crippen molar-refractivity contribution in [1.29, 1.82) is 0 Å². The molecular formula is C19H24N4O2. The Morgan fingerprint density at radius 2 is 1.88 bits per heavy atom. The number of hydrogen-bond donors (Lipinski definition) is 1. The second-order valence-electron chi connectivity index (χ2n) is 6.99. The van der Waals surface area contributed by atoms with Gasteiger partial charge in [-0.05, 0) is 44.8 Å². The fourth-order valence-electron chi connectivity index (χ4n) is 4.54. The van der Waals surface area contributed by atoms with Crippen LogP contribution in [0.15, 0.2) is 29.1 Å². The molecule has 1 aromatic heterocycles. The summed E-state index contributed by atoms with van der Waals surface area (Å²) in [5, 5.41) is 7.76. The van der Waals surface area contributed by atoms with Crippen molar-refractivity contribution >= 4 is 16.7 Å². The van der Waals surface area contributed by atoms with E-state index in [1.807, 2.05) is 23.1 Å². The number of likely N-dealkylation sites (tertiary alicyclic amines) is 2. The lowest BCUT2D eigenvalue weighted by molar-refractivity contribution is 0.0645. The van der Waals surface area contributed by atoms with E-state index in [9.17, 15) is 9.59 Å². The molecule has 0 saturated carbocycles. The Bertz CT molecular complexity index is 847. The molecule has 2 fully saturated rings. The van der Waals surface area contributed by atoms with Crippen molar-refractivity contribution in [3.63, 3.8) is 0 Å². The summed E-state index contributed by atoms with van der Waals surface area (Å²) in [6.07, 6.45) is 4.44. The normalized spacial score (nSPS) is 24.3. The first-order valence-electron chi connectivity index (χ1n) is 9.23. The van der Waals surface area contributed by atoms with Gasteiger partial charge in [-0.25, -0.2) is 5.10 Å². The van der Waals surface area contributed by atoms with Crippen LogP contribution in [0, 0.1) is 0 Å². The van der Waals surface area contributed by atoms with E-state index in [0.29, 0.717) is 22.5 Å². The molecule has 25 heavy (non-hydrogen) atoms. The van der Waals surface area contributed by atoms with Gasteiger partial charge in [0.15, 0.2) is 5.69 Å². The molecule has 132 valence electrons. The first-order chi connectivity index (χ1) is 12.2. The van der Waals surface area contributed by atoms with E-state index < -0.39 is 0 Å². The summed E-state index contributed by atoms with van der Waals surface area (Å²) in [6.45, 7) is 5.12. The maximum Gasteiger partial charge on any atom is 0.275 e. The third-order valence-electron chi connectivity index (χ3n) is 5.72. The van der Waals surface area contributed by atoms with Gasteiger partial charge in [-0.2, -0.15) is 5.10 Å². The van der Waals surface area contributed by atoms with E-state index in [1.165, 1.54) is 6.42 Å². The minimum absolute atomic E-state index is 0.0575. The van der Waals surface area contributed by atoms with Crippen LogP contribution in [0.3, 0.4) is 0 Å². The van der Waals surface area contributed by atoms with Crippen molar-refractivity contribution in [2.75, 3.05) is 19.6 Å². The summed E-state index contributed by atoms with van der Waals surface area (Å²) in [5.41, 5.74) is 0.112. The molecule has 0 radical (unpaired) electrons. The number of fused-ring (bicyclic) bond motifs is 1. The Hall–Kier alpha value is -2.21. The standard InChI is InChI=1S/C19H24N4O2/c1-2-22-11-5-9-15(22)16-10-6-12-23(16)19(25)17-13-7-3-4-8-14(13)18(24)21-20-17/h3-4,7-8,15-16H,2,5-6,9-12H2,1H3,(H,21,24)/t15-,16+/m0/s1. The van der Waals surface area contributed by atoms with E-state index in [-0.39, 0.29) is 17.5 Å². The highest BCUT2D eigenvalue weighted by Gasteiger charge is 2.40. The second kappa shape index (κ2) is 6.59. The SMILES string of the molecule is CCN1CCC[C@H]1[C@H]1CCCN1C(=O)c1n[nH]c(=O)c2ccccc12. The molecular weight excluding hydrogens is 316 g/mol. The first kappa shape index (κ1) is 16.3. The largest absolute Gasteiger partial charge is 0.333 e. The van der Waals surface area contributed by atoms with Gasteiger partial charge in [0, 0.05) is 24.0 Å². The molecule has 1 aromatic carbocycles. The predicted molar refractivity (Wildman–Crippen MR) is 96.7 cm³/mol. The van der Waals surface area contributed by atoms with E-state index in [2.05, 4.69) is 22.0 Å². The summed E-state index contributed by atoms with van der Waals surface area (Å²) in [6, 6.07) is 7.90. The Labute approximate surface area is 146 Å². The van der Waals surface area contributed by atoms with E-state index in [1.54, 1.807) is 6.07 Å². The molecule has 2 aromatic rings. The number of aromatic amines is 1. The number of nitrogens with zero attached hydrogens (tertiary/aromatic N) is 3. The second-order valence-corrected chi connectivity index (χ2v) is 6.99. The molecule has 0 spiro atoms. The first-order valence-corrected chi connectivity index (χ1v) is 9.23. The number of likely N-dealkylation sites (N-methyl/N-ethyl adjacent to an activating group) is 1. The molecule has 3 heterocycles. The number of hydrogen-bond acceptors (Lipinski definition) is 4. The third kappa shape index (κ3) is 2.74. The fraction of sp³-hybridized carbons (Fsp3) is 0.526. The molecule has 0 unspecified atom stereocenters. The number of amides is 1. The summed E-state index contributed by atoms with van der Waals surface area (Å²) in [5.74, 6) is -0.0575. The van der Waals surface area contributed by atoms with Gasteiger partial charge in [-0.1, -0.05) is 25.1 Å². The number of rotatable bonds is 3. The van der Waals surface area contributed by atoms with Crippen LogP contribution < -0.4 is 5.56 Å². The van der Waals surface area contributed by atoms with Crippen LogP contribution in [0.5, 0.6) is 0 Å². The zero-order valence-corrected chi connectivity index (χ0v) is 14.6. The number of nitrogens with one attached hydrogen (secondary N) is 1. The lowest BCUT2D eigenvalue weighted by Crippen LogP contribution is -2.48. The summed E-state index contributed by atoms with van der Waals surface area (Å²) >= 11 is 0. The lowest BCUT2D eigenvalue weighted by Gasteiger charge is -2.34. The van der Waals surface area contributed by atoms with Crippen LogP contribution in [0.2, 0.25) is 0 Å². The van der Waals surface area contributed by atoms with Crippen molar-refractivity contribution in [3.8, 4) is 0 Å². The summed E-state index contributed by atoms with van der Waals surface area (Å²) in [7, 11) is 0. The molecule has 6 nitrogen and oxygen atoms in total. The number of carbonyl (C=O) groups excluding carboxylic acids is 1. The van der Waals surface area contributed by atoms with E-state index >= 15 is 0 Å². The van der Waals surface area contributed by atoms with E-state index in [4.69, 9.17) is 0 Å². The van der Waals surface area contributed by atoms with Gasteiger partial charge in [-0.15, -0.1) is 0 Å². The van der Waals surface area contributed by atoms with Crippen molar-refractivity contribution in [2.24, 2.45) is 0 Å². The minimum Gasteiger partial charge on any atom is -0.333 e. The Kier molecular flexibility index (Phi) is 4.29. The predicted octanol–water partition coefficient (Wildman–Crippen LogP) is 2.01. The van der Waals surface area contributed by atoms with Gasteiger partial charge >= 0.3 is 0 Å². The molecule has 2 saturated heterocycles. The molecule has 1 N–H and O–H groups in total. The molecule has 4 rings (SSSR count). The highest BCUT2D eigenvalue weighted by Crippen LogP contribution is 2.31. The van der Waals surface area contributed by atoms with Crippen molar-refractivity contribution < 1.29 is 4.79 Å². The monoisotopic (exact) mass is 340 g/mol. The highest BCUT2D eigenvalue weighted by atomic mass is 16.2. The van der Waals surface area contributed by atoms with Gasteiger partial charge in [-0.3, -0.25) is 14.5 Å². The fourth-order valence-corrected chi connectivity index (χ4v) is 4.54. The van der Waals surface area contributed by atoms with Crippen LogP contribution >= 0.6 is 0 Å². The van der Waals surface area contributed by atoms with E-state index in [0.717, 1.165) is 38.9 Å². The average Bonchev–Trinajstić information content (AvgIpc) is 3.30. The molecule has 0 bridgehead atoms. The smallest absolute Gasteiger partial charge is 0.275 e. The van der Waals surface area contributed by atoms with Crippen molar-refractivity contribution in [1.82, 2.24) is 20.0 Å². The zero-order chi connectivity index (χ0) is 17.4. The van der Waals surface area contributed by atoms with Gasteiger partial charge in [0.05, 0.1) is 5.39 Å². The van der Waals surface area contributed by atoms with Crippen molar-refractivity contribution in [2.45, 2.75) is 44.7 Å². The Morgan fingerprint density at radius 1 is 1.16 bits per heavy atom. The maximum absolute atomic E-state index is 13.3. The average molecular weight is 340 g/mol. The molecule has 2 aliphatic heterocycles. The molecule has 2 atom stereocenters. The molecule has 1 amide bonds. The van der Waals surface area contributed by atoms with Gasteiger partial charge in [0.2, 0.25) is 0 Å².